The van der Waals surface area contributed by atoms with Gasteiger partial charge in [0.05, 0.1) is 36.4 Å². The minimum Gasteiger partial charge on any atom is -0.416 e. The number of carbonyl (C=O) groups is 1. The van der Waals surface area contributed by atoms with E-state index in [4.69, 9.17) is 9.15 Å². The Morgan fingerprint density at radius 1 is 1.48 bits per heavy atom. The van der Waals surface area contributed by atoms with Gasteiger partial charge in [-0.25, -0.2) is 4.68 Å². The van der Waals surface area contributed by atoms with E-state index >= 15 is 0 Å². The maximum atomic E-state index is 12.4. The molecule has 4 heterocycles. The molecule has 1 amide bonds. The van der Waals surface area contributed by atoms with Crippen LogP contribution in [0.3, 0.4) is 0 Å². The number of nitrogens with zero attached hydrogens (tertiary/aromatic N) is 6. The molecular formula is C13H16N6O3S. The number of ether oxygens (including phenoxy) is 1. The van der Waals surface area contributed by atoms with Crippen LogP contribution in [0.25, 0.3) is 0 Å². The molecule has 1 fully saturated rings. The Kier molecular flexibility index (Phi) is 3.77. The molecule has 0 radical (unpaired) electrons. The highest BCUT2D eigenvalue weighted by molar-refractivity contribution is 7.99. The van der Waals surface area contributed by atoms with Crippen LogP contribution in [-0.4, -0.2) is 60.9 Å². The van der Waals surface area contributed by atoms with Crippen molar-refractivity contribution >= 4 is 17.7 Å². The molecule has 2 aromatic rings. The predicted octanol–water partition coefficient (Wildman–Crippen LogP) is 0.434. The summed E-state index contributed by atoms with van der Waals surface area (Å²) in [6.45, 7) is 3.54. The van der Waals surface area contributed by atoms with Crippen molar-refractivity contribution in [3.63, 3.8) is 0 Å². The van der Waals surface area contributed by atoms with E-state index < -0.39 is 0 Å². The van der Waals surface area contributed by atoms with Gasteiger partial charge in [-0.2, -0.15) is 0 Å². The molecule has 10 heteroatoms. The average Bonchev–Trinajstić information content (AvgIpc) is 3.20. The average molecular weight is 336 g/mol. The number of aryl methyl sites for hydroxylation is 1. The number of aromatic nitrogens is 5. The third-order valence-electron chi connectivity index (χ3n) is 4.11. The van der Waals surface area contributed by atoms with Crippen molar-refractivity contribution in [1.29, 1.82) is 0 Å². The largest absolute Gasteiger partial charge is 0.416 e. The zero-order valence-corrected chi connectivity index (χ0v) is 13.4. The zero-order valence-electron chi connectivity index (χ0n) is 12.6. The molecule has 0 spiro atoms. The molecule has 0 unspecified atom stereocenters. The first-order chi connectivity index (χ1) is 11.2. The first-order valence-electron chi connectivity index (χ1n) is 7.42. The highest BCUT2D eigenvalue weighted by Crippen LogP contribution is 2.30. The van der Waals surface area contributed by atoms with E-state index in [1.165, 1.54) is 11.8 Å². The van der Waals surface area contributed by atoms with E-state index in [0.717, 1.165) is 12.1 Å². The zero-order chi connectivity index (χ0) is 15.8. The Balaban J connectivity index is 1.40. The van der Waals surface area contributed by atoms with Gasteiger partial charge in [-0.3, -0.25) is 4.79 Å². The Morgan fingerprint density at radius 3 is 3.22 bits per heavy atom. The van der Waals surface area contributed by atoms with Crippen molar-refractivity contribution in [1.82, 2.24) is 30.1 Å². The molecule has 0 saturated carbocycles. The van der Waals surface area contributed by atoms with Gasteiger partial charge in [0.25, 0.3) is 5.22 Å². The summed E-state index contributed by atoms with van der Waals surface area (Å²) in [7, 11) is 0. The van der Waals surface area contributed by atoms with Crippen LogP contribution >= 0.6 is 11.8 Å². The van der Waals surface area contributed by atoms with Crippen LogP contribution in [0.4, 0.5) is 0 Å². The van der Waals surface area contributed by atoms with Gasteiger partial charge >= 0.3 is 0 Å². The Hall–Kier alpha value is -1.94. The Morgan fingerprint density at radius 2 is 2.39 bits per heavy atom. The van der Waals surface area contributed by atoms with Crippen molar-refractivity contribution < 1.29 is 13.9 Å². The third-order valence-corrected chi connectivity index (χ3v) is 4.91. The van der Waals surface area contributed by atoms with Crippen molar-refractivity contribution in [2.75, 3.05) is 18.8 Å². The van der Waals surface area contributed by atoms with Crippen molar-refractivity contribution in [3.8, 4) is 0 Å². The lowest BCUT2D eigenvalue weighted by Crippen LogP contribution is -2.50. The second-order valence-corrected chi connectivity index (χ2v) is 6.52. The van der Waals surface area contributed by atoms with Crippen LogP contribution < -0.4 is 0 Å². The topological polar surface area (TPSA) is 99.2 Å². The number of amides is 1. The Labute approximate surface area is 136 Å². The van der Waals surface area contributed by atoms with E-state index in [9.17, 15) is 4.79 Å². The normalized spacial score (nSPS) is 23.4. The van der Waals surface area contributed by atoms with E-state index in [0.29, 0.717) is 30.8 Å². The molecule has 9 nitrogen and oxygen atoms in total. The number of carbonyl (C=O) groups excluding carboxylic acids is 1. The van der Waals surface area contributed by atoms with Crippen LogP contribution in [-0.2, 0) is 16.1 Å². The molecular weight excluding hydrogens is 320 g/mol. The third kappa shape index (κ3) is 2.83. The minimum atomic E-state index is 0.0367. The highest BCUT2D eigenvalue weighted by atomic mass is 32.2. The molecule has 4 rings (SSSR count). The second kappa shape index (κ2) is 5.93. The van der Waals surface area contributed by atoms with Gasteiger partial charge < -0.3 is 14.1 Å². The summed E-state index contributed by atoms with van der Waals surface area (Å²) in [6.07, 6.45) is 2.62. The summed E-state index contributed by atoms with van der Waals surface area (Å²) < 4.78 is 13.0. The van der Waals surface area contributed by atoms with Gasteiger partial charge in [0.15, 0.2) is 0 Å². The highest BCUT2D eigenvalue weighted by Gasteiger charge is 2.37. The standard InChI is InChI=1S/C13H16N6O3S/c1-8-15-16-13(22-8)23-7-12(20)18-3-2-11-10(5-18)19-9(6-21-11)4-14-17-19/h4,10-11H,2-3,5-7H2,1H3/t10-,11-/m1/s1. The first-order valence-corrected chi connectivity index (χ1v) is 8.40. The van der Waals surface area contributed by atoms with E-state index in [2.05, 4.69) is 20.5 Å². The predicted molar refractivity (Wildman–Crippen MR) is 78.6 cm³/mol. The monoisotopic (exact) mass is 336 g/mol. The van der Waals surface area contributed by atoms with Crippen LogP contribution in [0.5, 0.6) is 0 Å². The second-order valence-electron chi connectivity index (χ2n) is 5.59. The van der Waals surface area contributed by atoms with E-state index in [1.807, 2.05) is 9.58 Å². The summed E-state index contributed by atoms with van der Waals surface area (Å²) in [6, 6.07) is 0.0367. The lowest BCUT2D eigenvalue weighted by atomic mass is 10.0. The Bertz CT molecular complexity index is 716. The van der Waals surface area contributed by atoms with Crippen LogP contribution in [0.15, 0.2) is 15.8 Å². The number of hydrogen-bond donors (Lipinski definition) is 0. The van der Waals surface area contributed by atoms with Crippen molar-refractivity contribution in [2.24, 2.45) is 0 Å². The first kappa shape index (κ1) is 14.6. The molecule has 2 atom stereocenters. The summed E-state index contributed by atoms with van der Waals surface area (Å²) >= 11 is 1.26. The number of rotatable bonds is 3. The molecule has 1 saturated heterocycles. The van der Waals surface area contributed by atoms with Crippen molar-refractivity contribution in [3.05, 3.63) is 17.8 Å². The molecule has 2 aromatic heterocycles. The summed E-state index contributed by atoms with van der Waals surface area (Å²) in [4.78, 5) is 14.3. The number of likely N-dealkylation sites (tertiary alicyclic amines) is 1. The number of hydrogen-bond acceptors (Lipinski definition) is 8. The van der Waals surface area contributed by atoms with Crippen LogP contribution in [0, 0.1) is 6.92 Å². The smallest absolute Gasteiger partial charge is 0.277 e. The molecule has 0 bridgehead atoms. The lowest BCUT2D eigenvalue weighted by molar-refractivity contribution is -0.135. The number of fused-ring (bicyclic) bond motifs is 3. The van der Waals surface area contributed by atoms with Gasteiger partial charge in [-0.1, -0.05) is 17.0 Å². The van der Waals surface area contributed by atoms with Crippen LogP contribution in [0.2, 0.25) is 0 Å². The number of piperidine rings is 1. The van der Waals surface area contributed by atoms with Gasteiger partial charge in [0.2, 0.25) is 11.8 Å². The molecule has 2 aliphatic heterocycles. The molecule has 122 valence electrons. The van der Waals surface area contributed by atoms with Gasteiger partial charge in [0.1, 0.15) is 0 Å². The van der Waals surface area contributed by atoms with Crippen LogP contribution in [0.1, 0.15) is 24.0 Å². The van der Waals surface area contributed by atoms with Gasteiger partial charge in [0, 0.05) is 20.0 Å². The summed E-state index contributed by atoms with van der Waals surface area (Å²) in [5.74, 6) is 0.833. The van der Waals surface area contributed by atoms with E-state index in [1.54, 1.807) is 13.1 Å². The fourth-order valence-corrected chi connectivity index (χ4v) is 3.66. The van der Waals surface area contributed by atoms with E-state index in [-0.39, 0.29) is 23.8 Å². The number of thioether (sulfide) groups is 1. The SMILES string of the molecule is Cc1nnc(SCC(=O)N2CC[C@H]3OCc4cnnn4[C@@H]3C2)o1. The molecule has 0 aliphatic carbocycles. The summed E-state index contributed by atoms with van der Waals surface area (Å²) in [5.41, 5.74) is 0.955. The quantitative estimate of drug-likeness (QED) is 0.744. The maximum absolute atomic E-state index is 12.4. The summed E-state index contributed by atoms with van der Waals surface area (Å²) in [5, 5.41) is 16.1. The minimum absolute atomic E-state index is 0.0367. The van der Waals surface area contributed by atoms with Gasteiger partial charge in [-0.15, -0.1) is 15.3 Å². The molecule has 0 aromatic carbocycles. The fourth-order valence-electron chi connectivity index (χ4n) is 2.96. The fraction of sp³-hybridized carbons (Fsp3) is 0.615. The maximum Gasteiger partial charge on any atom is 0.277 e. The molecule has 2 aliphatic rings. The van der Waals surface area contributed by atoms with Gasteiger partial charge in [-0.05, 0) is 6.42 Å². The molecule has 0 N–H and O–H groups in total. The van der Waals surface area contributed by atoms with Crippen molar-refractivity contribution in [2.45, 2.75) is 37.3 Å². The lowest BCUT2D eigenvalue weighted by Gasteiger charge is -2.40. The molecule has 23 heavy (non-hydrogen) atoms.